The van der Waals surface area contributed by atoms with Crippen LogP contribution in [0.25, 0.3) is 0 Å². The van der Waals surface area contributed by atoms with Crippen molar-refractivity contribution >= 4 is 23.6 Å². The van der Waals surface area contributed by atoms with Gasteiger partial charge in [0.05, 0.1) is 17.1 Å². The minimum Gasteiger partial charge on any atom is -0.480 e. The van der Waals surface area contributed by atoms with E-state index in [4.69, 9.17) is 5.11 Å². The van der Waals surface area contributed by atoms with Gasteiger partial charge in [0.15, 0.2) is 0 Å². The minimum absolute atomic E-state index is 0.0654. The molecule has 1 aliphatic heterocycles. The fraction of sp³-hybridized carbons (Fsp3) is 0.364. The van der Waals surface area contributed by atoms with Crippen molar-refractivity contribution in [1.29, 1.82) is 0 Å². The van der Waals surface area contributed by atoms with E-state index in [1.54, 1.807) is 6.92 Å². The summed E-state index contributed by atoms with van der Waals surface area (Å²) in [5, 5.41) is 8.81. The molecule has 1 aromatic heterocycles. The van der Waals surface area contributed by atoms with Gasteiger partial charge in [0.2, 0.25) is 0 Å². The number of aliphatic carboxylic acids is 1. The number of hydrogen-bond donors (Lipinski definition) is 1. The fourth-order valence-electron chi connectivity index (χ4n) is 1.82. The summed E-state index contributed by atoms with van der Waals surface area (Å²) in [7, 11) is 0. The summed E-state index contributed by atoms with van der Waals surface area (Å²) in [5.74, 6) is -1.84. The number of rotatable bonds is 2. The highest BCUT2D eigenvalue weighted by atomic mass is 32.2. The summed E-state index contributed by atoms with van der Waals surface area (Å²) in [6.45, 7) is 1.75. The Labute approximate surface area is 107 Å². The zero-order valence-corrected chi connectivity index (χ0v) is 10.4. The number of hydrogen-bond acceptors (Lipinski definition) is 4. The number of thioether (sulfide) groups is 1. The van der Waals surface area contributed by atoms with Gasteiger partial charge in [-0.3, -0.25) is 9.78 Å². The standard InChI is InChI=1S/C11H11FN2O3S/c1-6-14(9(5-18-6)11(16)17)10(15)7-2-8(12)4-13-3-7/h2-4,6,9H,5H2,1H3,(H,16,17). The Bertz CT molecular complexity index is 497. The Balaban J connectivity index is 2.29. The summed E-state index contributed by atoms with van der Waals surface area (Å²) < 4.78 is 13.0. The number of carboxylic acid groups (broad SMARTS) is 1. The lowest BCUT2D eigenvalue weighted by Crippen LogP contribution is -2.44. The van der Waals surface area contributed by atoms with Gasteiger partial charge in [-0.25, -0.2) is 9.18 Å². The molecule has 0 spiro atoms. The zero-order valence-electron chi connectivity index (χ0n) is 9.54. The predicted molar refractivity (Wildman–Crippen MR) is 63.7 cm³/mol. The van der Waals surface area contributed by atoms with Crippen LogP contribution in [0, 0.1) is 5.82 Å². The molecule has 0 aromatic carbocycles. The van der Waals surface area contributed by atoms with E-state index in [1.807, 2.05) is 0 Å². The number of carbonyl (C=O) groups is 2. The van der Waals surface area contributed by atoms with Crippen LogP contribution < -0.4 is 0 Å². The Morgan fingerprint density at radius 2 is 2.28 bits per heavy atom. The first kappa shape index (κ1) is 12.8. The number of carboxylic acids is 1. The summed E-state index contributed by atoms with van der Waals surface area (Å²) in [6.07, 6.45) is 2.23. The van der Waals surface area contributed by atoms with Crippen LogP contribution in [0.15, 0.2) is 18.5 Å². The van der Waals surface area contributed by atoms with Crippen molar-refractivity contribution in [3.63, 3.8) is 0 Å². The number of carbonyl (C=O) groups excluding carboxylic acids is 1. The molecule has 1 aromatic rings. The van der Waals surface area contributed by atoms with E-state index in [1.165, 1.54) is 22.9 Å². The summed E-state index contributed by atoms with van der Waals surface area (Å²) in [5.41, 5.74) is 0.0654. The molecule has 2 heterocycles. The maximum Gasteiger partial charge on any atom is 0.327 e. The number of amides is 1. The highest BCUT2D eigenvalue weighted by molar-refractivity contribution is 8.00. The molecule has 1 aliphatic rings. The van der Waals surface area contributed by atoms with Crippen LogP contribution in [-0.2, 0) is 4.79 Å². The SMILES string of the molecule is CC1SCC(C(=O)O)N1C(=O)c1cncc(F)c1. The second-order valence-corrected chi connectivity index (χ2v) is 5.24. The smallest absolute Gasteiger partial charge is 0.327 e. The fourth-order valence-corrected chi connectivity index (χ4v) is 2.99. The second kappa shape index (κ2) is 4.93. The van der Waals surface area contributed by atoms with E-state index in [0.717, 1.165) is 12.3 Å². The number of halogens is 1. The molecule has 1 fully saturated rings. The average molecular weight is 270 g/mol. The third kappa shape index (κ3) is 2.31. The molecule has 0 radical (unpaired) electrons. The van der Waals surface area contributed by atoms with Crippen molar-refractivity contribution in [2.24, 2.45) is 0 Å². The first-order valence-corrected chi connectivity index (χ1v) is 6.33. The van der Waals surface area contributed by atoms with Crippen LogP contribution >= 0.6 is 11.8 Å². The van der Waals surface area contributed by atoms with Gasteiger partial charge in [-0.1, -0.05) is 0 Å². The molecule has 18 heavy (non-hydrogen) atoms. The maximum absolute atomic E-state index is 13.0. The molecular formula is C11H11FN2O3S. The first-order chi connectivity index (χ1) is 8.50. The average Bonchev–Trinajstić information content (AvgIpc) is 2.70. The molecule has 2 atom stereocenters. The van der Waals surface area contributed by atoms with Gasteiger partial charge in [0.25, 0.3) is 5.91 Å². The Kier molecular flexibility index (Phi) is 3.51. The molecule has 7 heteroatoms. The van der Waals surface area contributed by atoms with Gasteiger partial charge in [0.1, 0.15) is 11.9 Å². The monoisotopic (exact) mass is 270 g/mol. The zero-order chi connectivity index (χ0) is 13.3. The largest absolute Gasteiger partial charge is 0.480 e. The van der Waals surface area contributed by atoms with E-state index >= 15 is 0 Å². The lowest BCUT2D eigenvalue weighted by atomic mass is 10.2. The molecule has 2 unspecified atom stereocenters. The predicted octanol–water partition coefficient (Wildman–Crippen LogP) is 1.21. The first-order valence-electron chi connectivity index (χ1n) is 5.28. The molecule has 1 amide bonds. The summed E-state index contributed by atoms with van der Waals surface area (Å²) >= 11 is 1.38. The lowest BCUT2D eigenvalue weighted by molar-refractivity contribution is -0.141. The van der Waals surface area contributed by atoms with Crippen LogP contribution in [0.5, 0.6) is 0 Å². The Hall–Kier alpha value is -1.63. The van der Waals surface area contributed by atoms with Gasteiger partial charge >= 0.3 is 5.97 Å². The van der Waals surface area contributed by atoms with Crippen molar-refractivity contribution < 1.29 is 19.1 Å². The van der Waals surface area contributed by atoms with Crippen molar-refractivity contribution in [3.8, 4) is 0 Å². The summed E-state index contributed by atoms with van der Waals surface area (Å²) in [6, 6.07) is 0.185. The van der Waals surface area contributed by atoms with Crippen molar-refractivity contribution in [1.82, 2.24) is 9.88 Å². The molecule has 5 nitrogen and oxygen atoms in total. The molecule has 0 bridgehead atoms. The lowest BCUT2D eigenvalue weighted by Gasteiger charge is -2.24. The quantitative estimate of drug-likeness (QED) is 0.874. The Morgan fingerprint density at radius 3 is 2.89 bits per heavy atom. The van der Waals surface area contributed by atoms with Crippen molar-refractivity contribution in [2.45, 2.75) is 18.3 Å². The molecule has 0 saturated carbocycles. The maximum atomic E-state index is 13.0. The van der Waals surface area contributed by atoms with Crippen LogP contribution in [-0.4, -0.2) is 44.0 Å². The number of pyridine rings is 1. The topological polar surface area (TPSA) is 70.5 Å². The van der Waals surface area contributed by atoms with Gasteiger partial charge in [0, 0.05) is 11.9 Å². The van der Waals surface area contributed by atoms with Crippen molar-refractivity contribution in [2.75, 3.05) is 5.75 Å². The third-order valence-corrected chi connectivity index (χ3v) is 3.91. The highest BCUT2D eigenvalue weighted by Crippen LogP contribution is 2.30. The van der Waals surface area contributed by atoms with E-state index in [-0.39, 0.29) is 10.9 Å². The molecule has 0 aliphatic carbocycles. The van der Waals surface area contributed by atoms with Crippen molar-refractivity contribution in [3.05, 3.63) is 29.8 Å². The van der Waals surface area contributed by atoms with Crippen LogP contribution in [0.3, 0.4) is 0 Å². The van der Waals surface area contributed by atoms with Gasteiger partial charge in [-0.15, -0.1) is 11.8 Å². The molecular weight excluding hydrogens is 259 g/mol. The van der Waals surface area contributed by atoms with Gasteiger partial charge in [-0.05, 0) is 13.0 Å². The number of aromatic nitrogens is 1. The van der Waals surface area contributed by atoms with Crippen LogP contribution in [0.2, 0.25) is 0 Å². The Morgan fingerprint density at radius 1 is 1.56 bits per heavy atom. The molecule has 2 rings (SSSR count). The van der Waals surface area contributed by atoms with E-state index in [0.29, 0.717) is 5.75 Å². The molecule has 96 valence electrons. The molecule has 1 N–H and O–H groups in total. The van der Waals surface area contributed by atoms with E-state index in [2.05, 4.69) is 4.98 Å². The third-order valence-electron chi connectivity index (χ3n) is 2.69. The highest BCUT2D eigenvalue weighted by Gasteiger charge is 2.39. The van der Waals surface area contributed by atoms with E-state index in [9.17, 15) is 14.0 Å². The second-order valence-electron chi connectivity index (χ2n) is 3.89. The van der Waals surface area contributed by atoms with Gasteiger partial charge < -0.3 is 10.0 Å². The van der Waals surface area contributed by atoms with Crippen LogP contribution in [0.4, 0.5) is 4.39 Å². The minimum atomic E-state index is -1.05. The van der Waals surface area contributed by atoms with Crippen LogP contribution in [0.1, 0.15) is 17.3 Å². The normalized spacial score (nSPS) is 23.1. The molecule has 1 saturated heterocycles. The van der Waals surface area contributed by atoms with Gasteiger partial charge in [-0.2, -0.15) is 0 Å². The summed E-state index contributed by atoms with van der Waals surface area (Å²) in [4.78, 5) is 28.1. The van der Waals surface area contributed by atoms with E-state index < -0.39 is 23.7 Å². The number of nitrogens with zero attached hydrogens (tertiary/aromatic N) is 2.